The van der Waals surface area contributed by atoms with Crippen molar-refractivity contribution in [3.05, 3.63) is 151 Å². The molecule has 0 spiro atoms. The number of fused-ring (bicyclic) bond motifs is 14. The van der Waals surface area contributed by atoms with E-state index in [9.17, 15) is 0 Å². The molecule has 0 fully saturated rings. The zero-order chi connectivity index (χ0) is 38.4. The Balaban J connectivity index is 1.12. The molecule has 12 aromatic rings. The molecular weight excluding hydrogens is 744 g/mol. The maximum Gasteiger partial charge on any atom is 0.197 e. The van der Waals surface area contributed by atoms with Crippen LogP contribution in [0.1, 0.15) is 26.3 Å². The zero-order valence-corrected chi connectivity index (χ0v) is 33.7. The van der Waals surface area contributed by atoms with E-state index in [2.05, 4.69) is 184 Å². The SMILES string of the molecule is CC(C)(C)c1ccc(Nc2cc3sc4ccccc4c3cc2-c2ccc3c4cc5oc6ccccc6c5cc4n4c3c2[B]c2cc3sc5ccccc5c3cc2-4)cc1. The minimum Gasteiger partial charge on any atom is -0.456 e. The fourth-order valence-electron chi connectivity index (χ4n) is 9.53. The Bertz CT molecular complexity index is 3720. The van der Waals surface area contributed by atoms with Gasteiger partial charge in [0, 0.05) is 90.0 Å². The van der Waals surface area contributed by atoms with E-state index in [0.717, 1.165) is 33.3 Å². The van der Waals surface area contributed by atoms with Gasteiger partial charge in [0.1, 0.15) is 11.2 Å². The second kappa shape index (κ2) is 11.6. The Morgan fingerprint density at radius 1 is 0.534 bits per heavy atom. The minimum absolute atomic E-state index is 0.0827. The summed E-state index contributed by atoms with van der Waals surface area (Å²) in [7, 11) is 2.45. The van der Waals surface area contributed by atoms with Crippen LogP contribution in [0.15, 0.2) is 150 Å². The Hall–Kier alpha value is -6.34. The quantitative estimate of drug-likeness (QED) is 0.181. The van der Waals surface area contributed by atoms with Crippen LogP contribution in [0.3, 0.4) is 0 Å². The molecule has 13 rings (SSSR count). The Morgan fingerprint density at radius 2 is 1.22 bits per heavy atom. The molecule has 1 aliphatic heterocycles. The zero-order valence-electron chi connectivity index (χ0n) is 32.1. The fourth-order valence-corrected chi connectivity index (χ4v) is 11.8. The molecule has 1 N–H and O–H groups in total. The summed E-state index contributed by atoms with van der Waals surface area (Å²) in [5, 5.41) is 13.8. The van der Waals surface area contributed by atoms with Gasteiger partial charge in [0.15, 0.2) is 7.28 Å². The van der Waals surface area contributed by atoms with Gasteiger partial charge in [-0.2, -0.15) is 0 Å². The van der Waals surface area contributed by atoms with Crippen molar-refractivity contribution in [2.75, 3.05) is 5.32 Å². The summed E-state index contributed by atoms with van der Waals surface area (Å²) in [4.78, 5) is 0. The third-order valence-electron chi connectivity index (χ3n) is 12.4. The summed E-state index contributed by atoms with van der Waals surface area (Å²) in [6.45, 7) is 6.80. The van der Waals surface area contributed by atoms with Gasteiger partial charge in [-0.25, -0.2) is 0 Å². The largest absolute Gasteiger partial charge is 0.456 e. The third-order valence-corrected chi connectivity index (χ3v) is 14.6. The molecule has 0 bridgehead atoms. The lowest BCUT2D eigenvalue weighted by molar-refractivity contribution is 0.590. The molecule has 1 aliphatic rings. The van der Waals surface area contributed by atoms with Gasteiger partial charge in [0.25, 0.3) is 0 Å². The van der Waals surface area contributed by atoms with Crippen molar-refractivity contribution < 1.29 is 4.42 Å². The van der Waals surface area contributed by atoms with E-state index in [1.165, 1.54) is 95.5 Å². The topological polar surface area (TPSA) is 30.1 Å². The fraction of sp³-hybridized carbons (Fsp3) is 0.0769. The molecule has 0 atom stereocenters. The molecule has 273 valence electrons. The first-order valence-corrected chi connectivity index (χ1v) is 21.5. The number of aromatic nitrogens is 1. The number of thiophene rings is 2. The summed E-state index contributed by atoms with van der Waals surface area (Å²) >= 11 is 3.74. The summed E-state index contributed by atoms with van der Waals surface area (Å²) in [5.74, 6) is 0. The minimum atomic E-state index is 0.0827. The van der Waals surface area contributed by atoms with Crippen LogP contribution in [0, 0.1) is 0 Å². The number of hydrogen-bond acceptors (Lipinski definition) is 4. The van der Waals surface area contributed by atoms with Crippen LogP contribution in [0.4, 0.5) is 11.4 Å². The monoisotopic (exact) mass is 777 g/mol. The van der Waals surface area contributed by atoms with Crippen LogP contribution in [-0.2, 0) is 5.41 Å². The molecule has 1 radical (unpaired) electrons. The van der Waals surface area contributed by atoms with Gasteiger partial charge in [-0.05, 0) is 88.7 Å². The van der Waals surface area contributed by atoms with Crippen molar-refractivity contribution in [1.82, 2.24) is 4.57 Å². The normalized spacial score (nSPS) is 12.9. The number of nitrogens with zero attached hydrogens (tertiary/aromatic N) is 1. The van der Waals surface area contributed by atoms with Crippen molar-refractivity contribution >= 4 is 136 Å². The van der Waals surface area contributed by atoms with Crippen molar-refractivity contribution in [2.45, 2.75) is 26.2 Å². The molecule has 0 amide bonds. The second-order valence-corrected chi connectivity index (χ2v) is 19.0. The molecule has 8 aromatic carbocycles. The maximum atomic E-state index is 6.50. The molecule has 58 heavy (non-hydrogen) atoms. The standard InChI is InChI=1S/C52H34BN2OS2/c1-52(2,3)28-16-18-29(19-17-28)54-41-27-49-38(31-11-5-8-14-46(31)58-49)22-35(41)33-20-21-34-36-25-45-37(30-10-4-7-13-44(30)56-45)23-42(36)55-43-24-39-32-12-6-9-15-47(32)57-48(39)26-40(43)53-50(33)51(34)55/h4-27,54H,1-3H3. The molecule has 0 aliphatic carbocycles. The molecular formula is C52H34BN2OS2. The average Bonchev–Trinajstić information content (AvgIpc) is 3.98. The van der Waals surface area contributed by atoms with E-state index < -0.39 is 0 Å². The number of anilines is 2. The van der Waals surface area contributed by atoms with Crippen LogP contribution in [-0.4, -0.2) is 11.8 Å². The predicted octanol–water partition coefficient (Wildman–Crippen LogP) is 14.1. The lowest BCUT2D eigenvalue weighted by Gasteiger charge is -2.24. The highest BCUT2D eigenvalue weighted by Crippen LogP contribution is 2.45. The predicted molar refractivity (Wildman–Crippen MR) is 253 cm³/mol. The van der Waals surface area contributed by atoms with Crippen LogP contribution >= 0.6 is 22.7 Å². The van der Waals surface area contributed by atoms with Gasteiger partial charge in [-0.1, -0.05) is 105 Å². The molecule has 5 heterocycles. The van der Waals surface area contributed by atoms with Crippen molar-refractivity contribution in [3.63, 3.8) is 0 Å². The summed E-state index contributed by atoms with van der Waals surface area (Å²) in [6, 6.07) is 54.0. The first-order valence-electron chi connectivity index (χ1n) is 19.9. The van der Waals surface area contributed by atoms with E-state index >= 15 is 0 Å². The highest BCUT2D eigenvalue weighted by atomic mass is 32.1. The van der Waals surface area contributed by atoms with Crippen molar-refractivity contribution in [1.29, 1.82) is 0 Å². The lowest BCUT2D eigenvalue weighted by atomic mass is 9.59. The van der Waals surface area contributed by atoms with E-state index in [1.807, 2.05) is 22.7 Å². The van der Waals surface area contributed by atoms with E-state index in [1.54, 1.807) is 0 Å². The lowest BCUT2D eigenvalue weighted by Crippen LogP contribution is -2.37. The summed E-state index contributed by atoms with van der Waals surface area (Å²) in [5.41, 5.74) is 13.9. The van der Waals surface area contributed by atoms with Crippen LogP contribution in [0.25, 0.3) is 101 Å². The van der Waals surface area contributed by atoms with E-state index in [0.29, 0.717) is 0 Å². The third kappa shape index (κ3) is 4.61. The smallest absolute Gasteiger partial charge is 0.197 e. The summed E-state index contributed by atoms with van der Waals surface area (Å²) in [6.07, 6.45) is 0. The van der Waals surface area contributed by atoms with Gasteiger partial charge in [0.05, 0.1) is 5.52 Å². The summed E-state index contributed by atoms with van der Waals surface area (Å²) < 4.78 is 14.2. The van der Waals surface area contributed by atoms with Gasteiger partial charge >= 0.3 is 0 Å². The number of furan rings is 1. The van der Waals surface area contributed by atoms with Gasteiger partial charge in [-0.3, -0.25) is 0 Å². The van der Waals surface area contributed by atoms with Gasteiger partial charge < -0.3 is 14.3 Å². The maximum absolute atomic E-state index is 6.50. The van der Waals surface area contributed by atoms with Gasteiger partial charge in [0.2, 0.25) is 0 Å². The molecule has 4 aromatic heterocycles. The Morgan fingerprint density at radius 3 is 1.98 bits per heavy atom. The van der Waals surface area contributed by atoms with Crippen molar-refractivity contribution in [2.24, 2.45) is 0 Å². The average molecular weight is 778 g/mol. The molecule has 0 unspecified atom stereocenters. The highest BCUT2D eigenvalue weighted by molar-refractivity contribution is 7.26. The number of nitrogens with one attached hydrogen (secondary N) is 1. The number of hydrogen-bond donors (Lipinski definition) is 1. The molecule has 3 nitrogen and oxygen atoms in total. The second-order valence-electron chi connectivity index (χ2n) is 16.8. The number of para-hydroxylation sites is 1. The highest BCUT2D eigenvalue weighted by Gasteiger charge is 2.29. The molecule has 0 saturated heterocycles. The number of benzene rings is 8. The first kappa shape index (κ1) is 32.7. The van der Waals surface area contributed by atoms with Gasteiger partial charge in [-0.15, -0.1) is 22.7 Å². The molecule has 6 heteroatoms. The van der Waals surface area contributed by atoms with Crippen LogP contribution in [0.2, 0.25) is 0 Å². The van der Waals surface area contributed by atoms with E-state index in [4.69, 9.17) is 4.42 Å². The van der Waals surface area contributed by atoms with E-state index in [-0.39, 0.29) is 5.41 Å². The van der Waals surface area contributed by atoms with Crippen LogP contribution < -0.4 is 16.2 Å². The molecule has 0 saturated carbocycles. The van der Waals surface area contributed by atoms with Crippen LogP contribution in [0.5, 0.6) is 0 Å². The van der Waals surface area contributed by atoms with Crippen molar-refractivity contribution in [3.8, 4) is 16.8 Å². The Labute approximate surface area is 343 Å². The first-order chi connectivity index (χ1) is 28.3. The Kier molecular flexibility index (Phi) is 6.56. The number of rotatable bonds is 3.